The first-order valence-electron chi connectivity index (χ1n) is 9.95. The van der Waals surface area contributed by atoms with E-state index in [0.29, 0.717) is 17.9 Å². The van der Waals surface area contributed by atoms with Gasteiger partial charge in [-0.25, -0.2) is 4.68 Å². The van der Waals surface area contributed by atoms with Crippen LogP contribution in [0, 0.1) is 0 Å². The molecule has 0 aliphatic carbocycles. The summed E-state index contributed by atoms with van der Waals surface area (Å²) in [4.78, 5) is 13.0. The maximum absolute atomic E-state index is 13.0. The average Bonchev–Trinajstić information content (AvgIpc) is 3.29. The van der Waals surface area contributed by atoms with Crippen LogP contribution in [0.25, 0.3) is 16.9 Å². The maximum atomic E-state index is 13.0. The number of hydrogen-bond donors (Lipinski definition) is 3. The molecule has 154 valence electrons. The van der Waals surface area contributed by atoms with Gasteiger partial charge in [0.05, 0.1) is 17.9 Å². The summed E-state index contributed by atoms with van der Waals surface area (Å²) in [6, 6.07) is 30.9. The van der Waals surface area contributed by atoms with Crippen LogP contribution in [0.4, 0.5) is 5.69 Å². The number of rotatable bonds is 8. The lowest BCUT2D eigenvalue weighted by Gasteiger charge is -2.13. The van der Waals surface area contributed by atoms with Crippen LogP contribution in [0.2, 0.25) is 0 Å². The van der Waals surface area contributed by atoms with Crippen LogP contribution in [0.15, 0.2) is 109 Å². The summed E-state index contributed by atoms with van der Waals surface area (Å²) in [5.41, 5.74) is 10.1. The number of hydrogen-bond acceptors (Lipinski definition) is 4. The van der Waals surface area contributed by atoms with Gasteiger partial charge in [-0.1, -0.05) is 73.3 Å². The second kappa shape index (κ2) is 9.45. The molecule has 4 aromatic rings. The van der Waals surface area contributed by atoms with E-state index < -0.39 is 0 Å². The van der Waals surface area contributed by atoms with Gasteiger partial charge >= 0.3 is 0 Å². The van der Waals surface area contributed by atoms with Gasteiger partial charge in [-0.05, 0) is 30.3 Å². The van der Waals surface area contributed by atoms with Crippen molar-refractivity contribution < 1.29 is 4.79 Å². The Balaban J connectivity index is 1.49. The Bertz CT molecular complexity index is 1150. The second-order valence-electron chi connectivity index (χ2n) is 6.93. The molecule has 0 atom stereocenters. The van der Waals surface area contributed by atoms with Crippen LogP contribution >= 0.6 is 0 Å². The third kappa shape index (κ3) is 5.00. The molecule has 1 aromatic heterocycles. The van der Waals surface area contributed by atoms with Crippen molar-refractivity contribution >= 4 is 11.6 Å². The van der Waals surface area contributed by atoms with Crippen molar-refractivity contribution in [2.24, 2.45) is 0 Å². The highest BCUT2D eigenvalue weighted by Crippen LogP contribution is 2.21. The zero-order valence-electron chi connectivity index (χ0n) is 17.0. The van der Waals surface area contributed by atoms with E-state index in [2.05, 4.69) is 27.8 Å². The molecule has 0 radical (unpaired) electrons. The van der Waals surface area contributed by atoms with Crippen molar-refractivity contribution in [1.82, 2.24) is 20.6 Å². The molecular weight excluding hydrogens is 386 g/mol. The number of hydrazine groups is 1. The van der Waals surface area contributed by atoms with Crippen molar-refractivity contribution in [3.8, 4) is 16.9 Å². The zero-order valence-corrected chi connectivity index (χ0v) is 17.0. The lowest BCUT2D eigenvalue weighted by Crippen LogP contribution is -2.39. The summed E-state index contributed by atoms with van der Waals surface area (Å²) < 4.78 is 1.64. The van der Waals surface area contributed by atoms with Gasteiger partial charge in [-0.15, -0.1) is 0 Å². The number of aromatic nitrogens is 2. The first kappa shape index (κ1) is 20.0. The Morgan fingerprint density at radius 1 is 0.839 bits per heavy atom. The molecule has 0 aliphatic rings. The quantitative estimate of drug-likeness (QED) is 0.377. The number of para-hydroxylation sites is 2. The minimum Gasteiger partial charge on any atom is -0.379 e. The smallest absolute Gasteiger partial charge is 0.288 e. The summed E-state index contributed by atoms with van der Waals surface area (Å²) in [7, 11) is 0. The fourth-order valence-electron chi connectivity index (χ4n) is 3.08. The van der Waals surface area contributed by atoms with Crippen molar-refractivity contribution in [2.45, 2.75) is 0 Å². The standard InChI is InChI=1S/C25H23N5O/c1-19(18-26-21-13-7-3-8-14-21)27-28-25(31)24-17-23(20-11-5-2-6-12-20)29-30(24)22-15-9-4-10-16-22/h2-17,26-27H,1,18H2,(H,28,31). The maximum Gasteiger partial charge on any atom is 0.288 e. The largest absolute Gasteiger partial charge is 0.379 e. The lowest BCUT2D eigenvalue weighted by molar-refractivity contribution is 0.0931. The van der Waals surface area contributed by atoms with Gasteiger partial charge in [-0.2, -0.15) is 5.10 Å². The molecule has 0 aliphatic heterocycles. The predicted octanol–water partition coefficient (Wildman–Crippen LogP) is 4.40. The van der Waals surface area contributed by atoms with E-state index in [1.807, 2.05) is 91.0 Å². The van der Waals surface area contributed by atoms with E-state index in [9.17, 15) is 4.79 Å². The van der Waals surface area contributed by atoms with E-state index >= 15 is 0 Å². The number of carbonyl (C=O) groups excluding carboxylic acids is 1. The van der Waals surface area contributed by atoms with E-state index in [-0.39, 0.29) is 5.91 Å². The number of carbonyl (C=O) groups is 1. The number of nitrogens with one attached hydrogen (secondary N) is 3. The Morgan fingerprint density at radius 3 is 2.13 bits per heavy atom. The lowest BCUT2D eigenvalue weighted by atomic mass is 10.1. The van der Waals surface area contributed by atoms with Crippen molar-refractivity contribution in [1.29, 1.82) is 0 Å². The number of anilines is 1. The molecule has 3 N–H and O–H groups in total. The summed E-state index contributed by atoms with van der Waals surface area (Å²) in [5, 5.41) is 7.91. The Labute approximate surface area is 181 Å². The minimum absolute atomic E-state index is 0.306. The normalized spacial score (nSPS) is 10.3. The molecule has 0 fully saturated rings. The molecule has 6 nitrogen and oxygen atoms in total. The topological polar surface area (TPSA) is 71.0 Å². The van der Waals surface area contributed by atoms with E-state index in [1.54, 1.807) is 10.7 Å². The van der Waals surface area contributed by atoms with Gasteiger partial charge in [0.15, 0.2) is 0 Å². The van der Waals surface area contributed by atoms with E-state index in [4.69, 9.17) is 0 Å². The molecule has 1 amide bonds. The van der Waals surface area contributed by atoms with Crippen LogP contribution in [0.3, 0.4) is 0 Å². The highest BCUT2D eigenvalue weighted by atomic mass is 16.2. The third-order valence-corrected chi connectivity index (χ3v) is 4.64. The minimum atomic E-state index is -0.306. The van der Waals surface area contributed by atoms with Crippen molar-refractivity contribution in [2.75, 3.05) is 11.9 Å². The highest BCUT2D eigenvalue weighted by molar-refractivity contribution is 5.94. The average molecular weight is 409 g/mol. The van der Waals surface area contributed by atoms with Gasteiger partial charge in [0.2, 0.25) is 0 Å². The van der Waals surface area contributed by atoms with Crippen LogP contribution in [0.1, 0.15) is 10.5 Å². The first-order chi connectivity index (χ1) is 15.2. The fraction of sp³-hybridized carbons (Fsp3) is 0.0400. The van der Waals surface area contributed by atoms with Gasteiger partial charge in [0, 0.05) is 16.9 Å². The Morgan fingerprint density at radius 2 is 1.45 bits per heavy atom. The molecule has 0 saturated carbocycles. The molecule has 3 aromatic carbocycles. The Hall–Kier alpha value is -4.32. The zero-order chi connectivity index (χ0) is 21.5. The third-order valence-electron chi connectivity index (χ3n) is 4.64. The van der Waals surface area contributed by atoms with E-state index in [0.717, 1.165) is 22.6 Å². The van der Waals surface area contributed by atoms with Gasteiger partial charge in [-0.3, -0.25) is 10.2 Å². The predicted molar refractivity (Wildman–Crippen MR) is 124 cm³/mol. The Kier molecular flexibility index (Phi) is 6.09. The van der Waals surface area contributed by atoms with E-state index in [1.165, 1.54) is 0 Å². The van der Waals surface area contributed by atoms with Gasteiger partial charge in [0.25, 0.3) is 5.91 Å². The molecule has 0 spiro atoms. The number of benzene rings is 3. The molecular formula is C25H23N5O. The monoisotopic (exact) mass is 409 g/mol. The van der Waals surface area contributed by atoms with Crippen molar-refractivity contribution in [3.05, 3.63) is 115 Å². The summed E-state index contributed by atoms with van der Waals surface area (Å²) in [6.07, 6.45) is 0. The van der Waals surface area contributed by atoms with Crippen LogP contribution in [-0.2, 0) is 0 Å². The van der Waals surface area contributed by atoms with Crippen LogP contribution in [-0.4, -0.2) is 22.2 Å². The molecule has 1 heterocycles. The summed E-state index contributed by atoms with van der Waals surface area (Å²) >= 11 is 0. The number of nitrogens with zero attached hydrogens (tertiary/aromatic N) is 2. The highest BCUT2D eigenvalue weighted by Gasteiger charge is 2.17. The molecule has 4 rings (SSSR count). The molecule has 0 saturated heterocycles. The second-order valence-corrected chi connectivity index (χ2v) is 6.93. The first-order valence-corrected chi connectivity index (χ1v) is 9.95. The summed E-state index contributed by atoms with van der Waals surface area (Å²) in [5.74, 6) is -0.306. The molecule has 31 heavy (non-hydrogen) atoms. The molecule has 0 bridgehead atoms. The van der Waals surface area contributed by atoms with Gasteiger partial charge < -0.3 is 10.7 Å². The van der Waals surface area contributed by atoms with Gasteiger partial charge in [0.1, 0.15) is 5.69 Å². The molecule has 6 heteroatoms. The number of amides is 1. The summed E-state index contributed by atoms with van der Waals surface area (Å²) in [6.45, 7) is 4.43. The van der Waals surface area contributed by atoms with Crippen LogP contribution in [0.5, 0.6) is 0 Å². The van der Waals surface area contributed by atoms with Crippen molar-refractivity contribution in [3.63, 3.8) is 0 Å². The SMILES string of the molecule is C=C(CNc1ccccc1)NNC(=O)c1cc(-c2ccccc2)nn1-c1ccccc1. The van der Waals surface area contributed by atoms with Crippen LogP contribution < -0.4 is 16.2 Å². The molecule has 0 unspecified atom stereocenters. The fourth-order valence-corrected chi connectivity index (χ4v) is 3.08.